The maximum atomic E-state index is 2.59. The lowest BCUT2D eigenvalue weighted by atomic mass is 9.78. The molecular weight excluding hydrogens is 653 g/mol. The van der Waals surface area contributed by atoms with E-state index in [-0.39, 0.29) is 21.7 Å². The number of allylic oxidation sites excluding steroid dienone is 2. The normalized spacial score (nSPS) is 17.0. The van der Waals surface area contributed by atoms with Crippen molar-refractivity contribution in [3.05, 3.63) is 142 Å². The standard InChI is InChI=1S/C52H56N2/c1-12-51(8,9)37-22-24-54-45(30-37)41-31-42-39-20-18-32-15-13-14-16-38(32)48(39)52(10,11)43(42)25-34(41)27-47(54)46-26-33-17-19-35(49(2,3)4)28-40(33)44-29-36(50(5,6)7)21-23-53(44)46/h13-25,28-31H,12,26-27H2,1-11H3/q+2/b47-46+. The van der Waals surface area contributed by atoms with Gasteiger partial charge in [0.25, 0.3) is 11.4 Å². The molecule has 6 aromatic rings. The highest BCUT2D eigenvalue weighted by molar-refractivity contribution is 5.98. The lowest BCUT2D eigenvalue weighted by molar-refractivity contribution is -0.602. The molecule has 0 saturated carbocycles. The van der Waals surface area contributed by atoms with Gasteiger partial charge < -0.3 is 0 Å². The summed E-state index contributed by atoms with van der Waals surface area (Å²) in [4.78, 5) is 0. The summed E-state index contributed by atoms with van der Waals surface area (Å²) in [6.45, 7) is 25.9. The van der Waals surface area contributed by atoms with Crippen LogP contribution in [0.25, 0.3) is 55.8 Å². The van der Waals surface area contributed by atoms with Crippen LogP contribution in [0.2, 0.25) is 0 Å². The number of hydrogen-bond acceptors (Lipinski definition) is 0. The molecule has 0 unspecified atom stereocenters. The van der Waals surface area contributed by atoms with Gasteiger partial charge in [0.1, 0.15) is 0 Å². The molecule has 0 radical (unpaired) electrons. The van der Waals surface area contributed by atoms with Crippen LogP contribution in [0.3, 0.4) is 0 Å². The third-order valence-electron chi connectivity index (χ3n) is 13.4. The maximum Gasteiger partial charge on any atom is 0.259 e. The number of aromatic nitrogens is 2. The SMILES string of the molecule is CCC(C)(C)c1cc[n+]2c(c1)-c1cc3c(cc1C/C2=C1/Cc2ccc(C(C)(C)C)cc2-c2cc(C(C)(C)C)cc[n+]21)C(C)(C)c1c-3ccc2ccccc12. The van der Waals surface area contributed by atoms with Crippen molar-refractivity contribution in [2.75, 3.05) is 0 Å². The number of fused-ring (bicyclic) bond motifs is 11. The predicted octanol–water partition coefficient (Wildman–Crippen LogP) is 12.3. The molecule has 0 fully saturated rings. The van der Waals surface area contributed by atoms with Crippen molar-refractivity contribution in [1.29, 1.82) is 0 Å². The van der Waals surface area contributed by atoms with Crippen LogP contribution in [0.5, 0.6) is 0 Å². The average Bonchev–Trinajstić information content (AvgIpc) is 3.37. The van der Waals surface area contributed by atoms with Gasteiger partial charge in [0.05, 0.1) is 24.0 Å². The van der Waals surface area contributed by atoms with Gasteiger partial charge in [-0.1, -0.05) is 131 Å². The zero-order valence-electron chi connectivity index (χ0n) is 34.3. The molecule has 272 valence electrons. The van der Waals surface area contributed by atoms with Gasteiger partial charge in [0, 0.05) is 29.7 Å². The molecule has 2 nitrogen and oxygen atoms in total. The van der Waals surface area contributed by atoms with Crippen LogP contribution in [0.1, 0.15) is 122 Å². The van der Waals surface area contributed by atoms with Crippen molar-refractivity contribution >= 4 is 22.2 Å². The van der Waals surface area contributed by atoms with Gasteiger partial charge in [-0.3, -0.25) is 0 Å². The van der Waals surface area contributed by atoms with Gasteiger partial charge in [-0.15, -0.1) is 0 Å². The third-order valence-corrected chi connectivity index (χ3v) is 13.4. The fourth-order valence-electron chi connectivity index (χ4n) is 9.50. The van der Waals surface area contributed by atoms with Crippen molar-refractivity contribution < 1.29 is 9.13 Å². The van der Waals surface area contributed by atoms with Crippen LogP contribution in [-0.4, -0.2) is 0 Å². The van der Waals surface area contributed by atoms with Crippen molar-refractivity contribution in [1.82, 2.24) is 0 Å². The van der Waals surface area contributed by atoms with E-state index in [0.717, 1.165) is 19.3 Å². The summed E-state index contributed by atoms with van der Waals surface area (Å²) in [7, 11) is 0. The summed E-state index contributed by atoms with van der Waals surface area (Å²) in [5.41, 5.74) is 20.8. The van der Waals surface area contributed by atoms with E-state index in [4.69, 9.17) is 0 Å². The smallest absolute Gasteiger partial charge is 0.158 e. The topological polar surface area (TPSA) is 7.76 Å². The molecule has 2 aromatic heterocycles. The van der Waals surface area contributed by atoms with Gasteiger partial charge in [-0.2, -0.15) is 9.13 Å². The second-order valence-electron chi connectivity index (χ2n) is 19.6. The molecule has 54 heavy (non-hydrogen) atoms. The van der Waals surface area contributed by atoms with Crippen LogP contribution >= 0.6 is 0 Å². The molecular formula is C52H56N2+2. The maximum absolute atomic E-state index is 2.59. The number of benzene rings is 4. The highest BCUT2D eigenvalue weighted by atomic mass is 15.1. The van der Waals surface area contributed by atoms with Crippen LogP contribution < -0.4 is 9.13 Å². The zero-order valence-corrected chi connectivity index (χ0v) is 34.3. The van der Waals surface area contributed by atoms with Gasteiger partial charge in [0.15, 0.2) is 12.4 Å². The van der Waals surface area contributed by atoms with E-state index in [9.17, 15) is 0 Å². The molecule has 2 heteroatoms. The molecule has 2 aliphatic heterocycles. The van der Waals surface area contributed by atoms with Crippen LogP contribution in [0, 0.1) is 0 Å². The lowest BCUT2D eigenvalue weighted by Gasteiger charge is -2.27. The Hall–Kier alpha value is -4.82. The third kappa shape index (κ3) is 5.19. The molecule has 0 saturated heterocycles. The number of rotatable bonds is 2. The summed E-state index contributed by atoms with van der Waals surface area (Å²) in [6, 6.07) is 35.7. The predicted molar refractivity (Wildman–Crippen MR) is 227 cm³/mol. The first-order chi connectivity index (χ1) is 25.5. The first-order valence-electron chi connectivity index (χ1n) is 20.2. The summed E-state index contributed by atoms with van der Waals surface area (Å²) < 4.78 is 5.08. The summed E-state index contributed by atoms with van der Waals surface area (Å²) in [5, 5.41) is 2.69. The Kier molecular flexibility index (Phi) is 7.50. The minimum atomic E-state index is -0.105. The minimum Gasteiger partial charge on any atom is -0.158 e. The molecule has 0 atom stereocenters. The van der Waals surface area contributed by atoms with Crippen molar-refractivity contribution in [2.24, 2.45) is 0 Å². The second-order valence-corrected chi connectivity index (χ2v) is 19.6. The van der Waals surface area contributed by atoms with Crippen molar-refractivity contribution in [3.63, 3.8) is 0 Å². The Labute approximate surface area is 323 Å². The monoisotopic (exact) mass is 708 g/mol. The lowest BCUT2D eigenvalue weighted by Crippen LogP contribution is -2.47. The molecule has 4 heterocycles. The quantitative estimate of drug-likeness (QED) is 0.158. The molecule has 0 spiro atoms. The van der Waals surface area contributed by atoms with Crippen molar-refractivity contribution in [2.45, 2.75) is 117 Å². The zero-order chi connectivity index (χ0) is 38.1. The van der Waals surface area contributed by atoms with Crippen LogP contribution in [0.4, 0.5) is 0 Å². The van der Waals surface area contributed by atoms with E-state index in [2.05, 4.69) is 189 Å². The molecule has 3 aliphatic rings. The number of nitrogens with zero attached hydrogens (tertiary/aromatic N) is 2. The molecule has 0 bridgehead atoms. The van der Waals surface area contributed by atoms with E-state index in [1.807, 2.05) is 0 Å². The molecule has 1 aliphatic carbocycles. The van der Waals surface area contributed by atoms with Gasteiger partial charge in [0.2, 0.25) is 11.4 Å². The summed E-state index contributed by atoms with van der Waals surface area (Å²) >= 11 is 0. The summed E-state index contributed by atoms with van der Waals surface area (Å²) in [6.07, 6.45) is 7.60. The molecule has 9 rings (SSSR count). The number of pyridine rings is 2. The fourth-order valence-corrected chi connectivity index (χ4v) is 9.50. The second kappa shape index (κ2) is 11.6. The Morgan fingerprint density at radius 1 is 0.556 bits per heavy atom. The van der Waals surface area contributed by atoms with Crippen molar-refractivity contribution in [3.8, 4) is 33.6 Å². The molecule has 0 amide bonds. The van der Waals surface area contributed by atoms with E-state index < -0.39 is 0 Å². The van der Waals surface area contributed by atoms with E-state index in [0.29, 0.717) is 0 Å². The van der Waals surface area contributed by atoms with Crippen LogP contribution in [-0.2, 0) is 34.5 Å². The van der Waals surface area contributed by atoms with E-state index >= 15 is 0 Å². The highest BCUT2D eigenvalue weighted by Gasteiger charge is 2.43. The fraction of sp³-hybridized carbons (Fsp3) is 0.346. The molecule has 4 aromatic carbocycles. The van der Waals surface area contributed by atoms with Gasteiger partial charge >= 0.3 is 0 Å². The Balaban J connectivity index is 1.31. The average molecular weight is 709 g/mol. The van der Waals surface area contributed by atoms with E-state index in [1.54, 1.807) is 0 Å². The first-order valence-corrected chi connectivity index (χ1v) is 20.2. The summed E-state index contributed by atoms with van der Waals surface area (Å²) in [5.74, 6) is 0. The Bertz CT molecular complexity index is 2600. The van der Waals surface area contributed by atoms with Crippen LogP contribution in [0.15, 0.2) is 103 Å². The largest absolute Gasteiger partial charge is 0.259 e. The Morgan fingerprint density at radius 2 is 1.15 bits per heavy atom. The first kappa shape index (κ1) is 34.9. The minimum absolute atomic E-state index is 0.0475. The highest BCUT2D eigenvalue weighted by Crippen LogP contribution is 2.53. The number of hydrogen-bond donors (Lipinski definition) is 0. The van der Waals surface area contributed by atoms with Gasteiger partial charge in [-0.05, 0) is 95.6 Å². The Morgan fingerprint density at radius 3 is 1.81 bits per heavy atom. The van der Waals surface area contributed by atoms with Gasteiger partial charge in [-0.25, -0.2) is 0 Å². The molecule has 0 N–H and O–H groups in total. The van der Waals surface area contributed by atoms with E-state index in [1.165, 1.54) is 94.8 Å².